The molecular formula is C14H19ClN2O4. The zero-order chi connectivity index (χ0) is 15.5. The van der Waals surface area contributed by atoms with Crippen LogP contribution < -0.4 is 10.6 Å². The molecule has 2 amide bonds. The van der Waals surface area contributed by atoms with Gasteiger partial charge in [-0.25, -0.2) is 0 Å². The van der Waals surface area contributed by atoms with Gasteiger partial charge >= 0.3 is 0 Å². The molecule has 0 atom stereocenters. The Hall–Kier alpha value is -1.63. The highest BCUT2D eigenvalue weighted by Crippen LogP contribution is 2.10. The van der Waals surface area contributed by atoms with Gasteiger partial charge in [-0.2, -0.15) is 0 Å². The van der Waals surface area contributed by atoms with Crippen molar-refractivity contribution in [3.05, 3.63) is 34.9 Å². The molecule has 0 saturated heterocycles. The summed E-state index contributed by atoms with van der Waals surface area (Å²) in [6.07, 6.45) is 0.647. The zero-order valence-corrected chi connectivity index (χ0v) is 12.4. The lowest BCUT2D eigenvalue weighted by molar-refractivity contribution is -0.120. The average molecular weight is 315 g/mol. The second kappa shape index (κ2) is 10.1. The number of carbonyl (C=O) groups excluding carboxylic acids is 2. The normalized spacial score (nSPS) is 10.2. The van der Waals surface area contributed by atoms with Crippen LogP contribution in [0, 0.1) is 0 Å². The van der Waals surface area contributed by atoms with E-state index in [1.165, 1.54) is 6.07 Å². The summed E-state index contributed by atoms with van der Waals surface area (Å²) >= 11 is 5.79. The van der Waals surface area contributed by atoms with Crippen LogP contribution in [0.15, 0.2) is 24.3 Å². The number of hydrogen-bond donors (Lipinski definition) is 3. The summed E-state index contributed by atoms with van der Waals surface area (Å²) in [5.74, 6) is -0.619. The standard InChI is InChI=1S/C14H19ClN2O4/c15-12-4-1-3-11(9-12)14(20)17-10-13(19)16-5-2-7-21-8-6-18/h1,3-4,9,18H,2,5-8,10H2,(H,16,19)(H,17,20). The lowest BCUT2D eigenvalue weighted by Gasteiger charge is -2.07. The Morgan fingerprint density at radius 1 is 1.24 bits per heavy atom. The summed E-state index contributed by atoms with van der Waals surface area (Å²) in [6.45, 7) is 1.11. The Kier molecular flexibility index (Phi) is 8.42. The maximum absolute atomic E-state index is 11.8. The third-order valence-corrected chi connectivity index (χ3v) is 2.75. The van der Waals surface area contributed by atoms with Gasteiger partial charge in [-0.3, -0.25) is 9.59 Å². The first-order valence-corrected chi connectivity index (χ1v) is 7.00. The molecule has 0 bridgehead atoms. The number of rotatable bonds is 9. The van der Waals surface area contributed by atoms with Crippen molar-refractivity contribution in [1.29, 1.82) is 0 Å². The molecule has 0 aliphatic carbocycles. The van der Waals surface area contributed by atoms with Crippen molar-refractivity contribution in [2.45, 2.75) is 6.42 Å². The van der Waals surface area contributed by atoms with Crippen LogP contribution in [-0.2, 0) is 9.53 Å². The van der Waals surface area contributed by atoms with Crippen LogP contribution in [-0.4, -0.2) is 49.8 Å². The van der Waals surface area contributed by atoms with E-state index >= 15 is 0 Å². The number of aliphatic hydroxyl groups excluding tert-OH is 1. The number of nitrogens with one attached hydrogen (secondary N) is 2. The molecule has 0 radical (unpaired) electrons. The number of benzene rings is 1. The van der Waals surface area contributed by atoms with E-state index in [0.29, 0.717) is 36.8 Å². The predicted octanol–water partition coefficient (Wildman–Crippen LogP) is 0.585. The number of ether oxygens (including phenoxy) is 1. The van der Waals surface area contributed by atoms with E-state index in [1.807, 2.05) is 0 Å². The van der Waals surface area contributed by atoms with E-state index in [1.54, 1.807) is 18.2 Å². The first-order chi connectivity index (χ1) is 10.1. The molecular weight excluding hydrogens is 296 g/mol. The third kappa shape index (κ3) is 7.65. The monoisotopic (exact) mass is 314 g/mol. The summed E-state index contributed by atoms with van der Waals surface area (Å²) in [5, 5.41) is 14.1. The molecule has 1 aromatic carbocycles. The van der Waals surface area contributed by atoms with Gasteiger partial charge < -0.3 is 20.5 Å². The predicted molar refractivity (Wildman–Crippen MR) is 79.3 cm³/mol. The molecule has 0 aromatic heterocycles. The second-order valence-electron chi connectivity index (χ2n) is 4.23. The van der Waals surface area contributed by atoms with Gasteiger partial charge in [0, 0.05) is 23.7 Å². The van der Waals surface area contributed by atoms with E-state index in [-0.39, 0.29) is 25.0 Å². The summed E-state index contributed by atoms with van der Waals surface area (Å²) in [6, 6.07) is 6.50. The topological polar surface area (TPSA) is 87.7 Å². The lowest BCUT2D eigenvalue weighted by Crippen LogP contribution is -2.37. The minimum Gasteiger partial charge on any atom is -0.394 e. The number of halogens is 1. The molecule has 0 heterocycles. The quantitative estimate of drug-likeness (QED) is 0.582. The van der Waals surface area contributed by atoms with Crippen LogP contribution in [0.3, 0.4) is 0 Å². The molecule has 0 unspecified atom stereocenters. The van der Waals surface area contributed by atoms with Gasteiger partial charge in [-0.15, -0.1) is 0 Å². The van der Waals surface area contributed by atoms with Gasteiger partial charge in [0.2, 0.25) is 5.91 Å². The molecule has 3 N–H and O–H groups in total. The minimum absolute atomic E-state index is 0.0120. The fourth-order valence-corrected chi connectivity index (χ4v) is 1.71. The van der Waals surface area contributed by atoms with Crippen molar-refractivity contribution in [3.8, 4) is 0 Å². The highest BCUT2D eigenvalue weighted by atomic mass is 35.5. The van der Waals surface area contributed by atoms with Gasteiger partial charge in [0.05, 0.1) is 19.8 Å². The summed E-state index contributed by atoms with van der Waals surface area (Å²) in [7, 11) is 0. The Balaban J connectivity index is 2.16. The first-order valence-electron chi connectivity index (χ1n) is 6.62. The first kappa shape index (κ1) is 17.4. The van der Waals surface area contributed by atoms with Gasteiger partial charge in [-0.1, -0.05) is 17.7 Å². The lowest BCUT2D eigenvalue weighted by atomic mass is 10.2. The molecule has 1 rings (SSSR count). The van der Waals surface area contributed by atoms with Crippen LogP contribution in [0.25, 0.3) is 0 Å². The maximum Gasteiger partial charge on any atom is 0.251 e. The SMILES string of the molecule is O=C(CNC(=O)c1cccc(Cl)c1)NCCCOCCO. The molecule has 1 aromatic rings. The summed E-state index contributed by atoms with van der Waals surface area (Å²) in [4.78, 5) is 23.3. The molecule has 21 heavy (non-hydrogen) atoms. The van der Waals surface area contributed by atoms with Gasteiger partial charge in [-0.05, 0) is 24.6 Å². The largest absolute Gasteiger partial charge is 0.394 e. The Labute approximate surface area is 128 Å². The smallest absolute Gasteiger partial charge is 0.251 e. The van der Waals surface area contributed by atoms with Gasteiger partial charge in [0.15, 0.2) is 0 Å². The second-order valence-corrected chi connectivity index (χ2v) is 4.67. The average Bonchev–Trinajstić information content (AvgIpc) is 2.48. The van der Waals surface area contributed by atoms with E-state index in [9.17, 15) is 9.59 Å². The highest BCUT2D eigenvalue weighted by molar-refractivity contribution is 6.30. The van der Waals surface area contributed by atoms with Crippen LogP contribution >= 0.6 is 11.6 Å². The molecule has 116 valence electrons. The van der Waals surface area contributed by atoms with E-state index in [2.05, 4.69) is 10.6 Å². The minimum atomic E-state index is -0.348. The molecule has 0 aliphatic rings. The van der Waals surface area contributed by atoms with Crippen molar-refractivity contribution in [2.24, 2.45) is 0 Å². The molecule has 0 saturated carbocycles. The Bertz CT molecular complexity index is 468. The molecule has 0 fully saturated rings. The fourth-order valence-electron chi connectivity index (χ4n) is 1.52. The highest BCUT2D eigenvalue weighted by Gasteiger charge is 2.07. The van der Waals surface area contributed by atoms with Crippen molar-refractivity contribution >= 4 is 23.4 Å². The van der Waals surface area contributed by atoms with Crippen LogP contribution in [0.5, 0.6) is 0 Å². The van der Waals surface area contributed by atoms with E-state index in [0.717, 1.165) is 0 Å². The Morgan fingerprint density at radius 3 is 2.76 bits per heavy atom. The summed E-state index contributed by atoms with van der Waals surface area (Å²) < 4.78 is 5.05. The van der Waals surface area contributed by atoms with Gasteiger partial charge in [0.25, 0.3) is 5.91 Å². The number of hydrogen-bond acceptors (Lipinski definition) is 4. The molecule has 0 aliphatic heterocycles. The summed E-state index contributed by atoms with van der Waals surface area (Å²) in [5.41, 5.74) is 0.410. The number of carbonyl (C=O) groups is 2. The van der Waals surface area contributed by atoms with Crippen molar-refractivity contribution < 1.29 is 19.4 Å². The van der Waals surface area contributed by atoms with Crippen molar-refractivity contribution in [2.75, 3.05) is 32.9 Å². The zero-order valence-electron chi connectivity index (χ0n) is 11.6. The fraction of sp³-hybridized carbons (Fsp3) is 0.429. The van der Waals surface area contributed by atoms with E-state index in [4.69, 9.17) is 21.4 Å². The van der Waals surface area contributed by atoms with Gasteiger partial charge in [0.1, 0.15) is 0 Å². The van der Waals surface area contributed by atoms with Crippen LogP contribution in [0.2, 0.25) is 5.02 Å². The number of aliphatic hydroxyl groups is 1. The molecule has 7 heteroatoms. The van der Waals surface area contributed by atoms with Crippen LogP contribution in [0.4, 0.5) is 0 Å². The van der Waals surface area contributed by atoms with Crippen molar-refractivity contribution in [3.63, 3.8) is 0 Å². The van der Waals surface area contributed by atoms with Crippen molar-refractivity contribution in [1.82, 2.24) is 10.6 Å². The maximum atomic E-state index is 11.8. The van der Waals surface area contributed by atoms with Crippen LogP contribution in [0.1, 0.15) is 16.8 Å². The number of amides is 2. The Morgan fingerprint density at radius 2 is 2.05 bits per heavy atom. The molecule has 0 spiro atoms. The third-order valence-electron chi connectivity index (χ3n) is 2.52. The molecule has 6 nitrogen and oxygen atoms in total. The van der Waals surface area contributed by atoms with E-state index < -0.39 is 0 Å².